The molecule has 0 unspecified atom stereocenters. The molecular weight excluding hydrogens is 280 g/mol. The number of nitrogens with one attached hydrogen (secondary N) is 1. The molecule has 1 aromatic heterocycles. The summed E-state index contributed by atoms with van der Waals surface area (Å²) in [5, 5.41) is 3.39. The molecule has 1 fully saturated rings. The zero-order valence-corrected chi connectivity index (χ0v) is 13.8. The molecule has 0 aromatic carbocycles. The number of aryl methyl sites for hydroxylation is 2. The van der Waals surface area contributed by atoms with Crippen LogP contribution in [0.2, 0.25) is 0 Å². The quantitative estimate of drug-likeness (QED) is 0.870. The molecule has 1 aliphatic carbocycles. The molecule has 2 aliphatic rings. The Morgan fingerprint density at radius 1 is 1.29 bits per heavy atom. The van der Waals surface area contributed by atoms with E-state index in [9.17, 15) is 4.79 Å². The van der Waals surface area contributed by atoms with Crippen molar-refractivity contribution in [1.29, 1.82) is 0 Å². The second-order valence-corrected chi connectivity index (χ2v) is 7.64. The number of piperidine rings is 1. The van der Waals surface area contributed by atoms with E-state index in [1.807, 2.05) is 11.9 Å². The highest BCUT2D eigenvalue weighted by Gasteiger charge is 2.22. The number of fused-ring (bicyclic) bond motifs is 1. The van der Waals surface area contributed by atoms with Gasteiger partial charge < -0.3 is 10.2 Å². The van der Waals surface area contributed by atoms with Crippen molar-refractivity contribution in [3.8, 4) is 0 Å². The Morgan fingerprint density at radius 3 is 2.86 bits per heavy atom. The van der Waals surface area contributed by atoms with Gasteiger partial charge in [-0.25, -0.2) is 0 Å². The van der Waals surface area contributed by atoms with E-state index in [2.05, 4.69) is 11.4 Å². The van der Waals surface area contributed by atoms with Crippen LogP contribution in [0.5, 0.6) is 0 Å². The van der Waals surface area contributed by atoms with Crippen LogP contribution in [0.15, 0.2) is 6.07 Å². The van der Waals surface area contributed by atoms with Crippen molar-refractivity contribution < 1.29 is 4.79 Å². The third-order valence-electron chi connectivity index (χ3n) is 4.79. The molecule has 1 aromatic rings. The molecule has 1 saturated heterocycles. The standard InChI is InChI=1S/C17H26N2OS/c1-19(12-13-7-9-18-10-8-13)17(20)16-11-14-5-3-2-4-6-15(14)21-16/h11,13,18H,2-10,12H2,1H3. The molecule has 0 saturated carbocycles. The van der Waals surface area contributed by atoms with Crippen molar-refractivity contribution in [2.45, 2.75) is 44.9 Å². The van der Waals surface area contributed by atoms with Crippen molar-refractivity contribution in [3.63, 3.8) is 0 Å². The van der Waals surface area contributed by atoms with Crippen molar-refractivity contribution in [1.82, 2.24) is 10.2 Å². The predicted octanol–water partition coefficient (Wildman–Crippen LogP) is 3.09. The highest BCUT2D eigenvalue weighted by Crippen LogP contribution is 2.29. The third kappa shape index (κ3) is 3.67. The van der Waals surface area contributed by atoms with Crippen LogP contribution in [0.25, 0.3) is 0 Å². The lowest BCUT2D eigenvalue weighted by molar-refractivity contribution is 0.0767. The first kappa shape index (κ1) is 15.0. The minimum Gasteiger partial charge on any atom is -0.341 e. The first-order chi connectivity index (χ1) is 10.2. The van der Waals surface area contributed by atoms with E-state index in [4.69, 9.17) is 0 Å². The number of amides is 1. The van der Waals surface area contributed by atoms with Gasteiger partial charge in [0.25, 0.3) is 5.91 Å². The van der Waals surface area contributed by atoms with E-state index >= 15 is 0 Å². The summed E-state index contributed by atoms with van der Waals surface area (Å²) in [5.41, 5.74) is 1.44. The van der Waals surface area contributed by atoms with E-state index < -0.39 is 0 Å². The maximum absolute atomic E-state index is 12.6. The summed E-state index contributed by atoms with van der Waals surface area (Å²) >= 11 is 1.74. The second-order valence-electron chi connectivity index (χ2n) is 6.50. The number of thiophene rings is 1. The fraction of sp³-hybridized carbons (Fsp3) is 0.706. The van der Waals surface area contributed by atoms with Gasteiger partial charge in [-0.2, -0.15) is 0 Å². The third-order valence-corrected chi connectivity index (χ3v) is 6.02. The summed E-state index contributed by atoms with van der Waals surface area (Å²) in [6, 6.07) is 2.17. The van der Waals surface area contributed by atoms with Crippen molar-refractivity contribution >= 4 is 17.2 Å². The molecule has 1 N–H and O–H groups in total. The van der Waals surface area contributed by atoms with Gasteiger partial charge in [-0.05, 0) is 69.2 Å². The average Bonchev–Trinajstić information content (AvgIpc) is 2.78. The average molecular weight is 306 g/mol. The van der Waals surface area contributed by atoms with Gasteiger partial charge in [-0.3, -0.25) is 4.79 Å². The smallest absolute Gasteiger partial charge is 0.263 e. The van der Waals surface area contributed by atoms with Crippen LogP contribution in [0.3, 0.4) is 0 Å². The summed E-state index contributed by atoms with van der Waals surface area (Å²) in [7, 11) is 1.97. The minimum atomic E-state index is 0.228. The van der Waals surface area contributed by atoms with Crippen molar-refractivity contribution in [2.75, 3.05) is 26.7 Å². The highest BCUT2D eigenvalue weighted by atomic mass is 32.1. The van der Waals surface area contributed by atoms with Gasteiger partial charge in [0.1, 0.15) is 0 Å². The summed E-state index contributed by atoms with van der Waals surface area (Å²) in [4.78, 5) is 17.0. The number of hydrogen-bond donors (Lipinski definition) is 1. The van der Waals surface area contributed by atoms with Crippen LogP contribution in [0, 0.1) is 5.92 Å². The Kier molecular flexibility index (Phi) is 4.96. The van der Waals surface area contributed by atoms with E-state index in [0.29, 0.717) is 5.92 Å². The summed E-state index contributed by atoms with van der Waals surface area (Å²) < 4.78 is 0. The normalized spacial score (nSPS) is 19.9. The Hall–Kier alpha value is -0.870. The van der Waals surface area contributed by atoms with Gasteiger partial charge in [0, 0.05) is 18.5 Å². The van der Waals surface area contributed by atoms with Gasteiger partial charge in [0.15, 0.2) is 0 Å². The summed E-state index contributed by atoms with van der Waals surface area (Å²) in [6.07, 6.45) is 8.62. The van der Waals surface area contributed by atoms with Gasteiger partial charge in [-0.15, -0.1) is 11.3 Å². The fourth-order valence-corrected chi connectivity index (χ4v) is 4.74. The molecular formula is C17H26N2OS. The van der Waals surface area contributed by atoms with Crippen LogP contribution in [0.4, 0.5) is 0 Å². The molecule has 1 amide bonds. The van der Waals surface area contributed by atoms with Gasteiger partial charge in [0.05, 0.1) is 4.88 Å². The van der Waals surface area contributed by atoms with Crippen LogP contribution < -0.4 is 5.32 Å². The summed E-state index contributed by atoms with van der Waals surface area (Å²) in [5.74, 6) is 0.893. The number of rotatable bonds is 3. The molecule has 116 valence electrons. The van der Waals surface area contributed by atoms with E-state index in [-0.39, 0.29) is 5.91 Å². The monoisotopic (exact) mass is 306 g/mol. The Bertz CT molecular complexity index is 467. The van der Waals surface area contributed by atoms with E-state index in [1.165, 1.54) is 49.0 Å². The van der Waals surface area contributed by atoms with Crippen LogP contribution in [0.1, 0.15) is 52.2 Å². The first-order valence-corrected chi connectivity index (χ1v) is 9.13. The Morgan fingerprint density at radius 2 is 2.05 bits per heavy atom. The first-order valence-electron chi connectivity index (χ1n) is 8.32. The van der Waals surface area contributed by atoms with E-state index in [0.717, 1.165) is 30.9 Å². The topological polar surface area (TPSA) is 32.3 Å². The molecule has 1 aliphatic heterocycles. The van der Waals surface area contributed by atoms with Crippen LogP contribution >= 0.6 is 11.3 Å². The van der Waals surface area contributed by atoms with Crippen molar-refractivity contribution in [2.24, 2.45) is 5.92 Å². The molecule has 0 spiro atoms. The molecule has 21 heavy (non-hydrogen) atoms. The molecule has 0 atom stereocenters. The number of hydrogen-bond acceptors (Lipinski definition) is 3. The zero-order chi connectivity index (χ0) is 14.7. The second kappa shape index (κ2) is 6.93. The molecule has 4 heteroatoms. The SMILES string of the molecule is CN(CC1CCNCC1)C(=O)c1cc2c(s1)CCCCC2. The van der Waals surface area contributed by atoms with Gasteiger partial charge >= 0.3 is 0 Å². The fourth-order valence-electron chi connectivity index (χ4n) is 3.50. The minimum absolute atomic E-state index is 0.228. The lowest BCUT2D eigenvalue weighted by Gasteiger charge is -2.27. The highest BCUT2D eigenvalue weighted by molar-refractivity contribution is 7.14. The molecule has 3 nitrogen and oxygen atoms in total. The Labute approximate surface area is 131 Å². The number of carbonyl (C=O) groups excluding carboxylic acids is 1. The predicted molar refractivity (Wildman–Crippen MR) is 88.1 cm³/mol. The van der Waals surface area contributed by atoms with Crippen LogP contribution in [-0.4, -0.2) is 37.5 Å². The molecule has 2 heterocycles. The molecule has 0 radical (unpaired) electrons. The van der Waals surface area contributed by atoms with Crippen LogP contribution in [-0.2, 0) is 12.8 Å². The molecule has 3 rings (SSSR count). The van der Waals surface area contributed by atoms with Crippen molar-refractivity contribution in [3.05, 3.63) is 21.4 Å². The zero-order valence-electron chi connectivity index (χ0n) is 13.0. The Balaban J connectivity index is 1.64. The maximum Gasteiger partial charge on any atom is 0.263 e. The van der Waals surface area contributed by atoms with Gasteiger partial charge in [-0.1, -0.05) is 6.42 Å². The van der Waals surface area contributed by atoms with Gasteiger partial charge in [0.2, 0.25) is 0 Å². The number of nitrogens with zero attached hydrogens (tertiary/aromatic N) is 1. The number of carbonyl (C=O) groups is 1. The summed E-state index contributed by atoms with van der Waals surface area (Å²) in [6.45, 7) is 3.10. The van der Waals surface area contributed by atoms with E-state index in [1.54, 1.807) is 11.3 Å². The maximum atomic E-state index is 12.6. The molecule has 0 bridgehead atoms. The largest absolute Gasteiger partial charge is 0.341 e. The lowest BCUT2D eigenvalue weighted by atomic mass is 9.97. The lowest BCUT2D eigenvalue weighted by Crippen LogP contribution is -2.37.